The predicted octanol–water partition coefficient (Wildman–Crippen LogP) is 3.18. The second-order valence-electron chi connectivity index (χ2n) is 6.72. The standard InChI is InChI=1S/C20H21N3O4/c1-12(13-3-6-17-18(10-13)27-8-7-26-17)23(2)20(25)21-15-4-5-16-14(9-15)11-19(24)22-16/h3-6,9-10,12H,7-8,11H2,1-2H3,(H,21,25)(H,22,24)/t12-/m0/s1. The van der Waals surface area contributed by atoms with Crippen LogP contribution < -0.4 is 20.1 Å². The summed E-state index contributed by atoms with van der Waals surface area (Å²) in [6.07, 6.45) is 0.336. The summed E-state index contributed by atoms with van der Waals surface area (Å²) in [4.78, 5) is 25.7. The van der Waals surface area contributed by atoms with Crippen LogP contribution in [-0.4, -0.2) is 37.1 Å². The highest BCUT2D eigenvalue weighted by atomic mass is 16.6. The summed E-state index contributed by atoms with van der Waals surface area (Å²) in [6.45, 7) is 3.03. The number of carbonyl (C=O) groups is 2. The molecule has 0 spiro atoms. The number of ether oxygens (including phenoxy) is 2. The van der Waals surface area contributed by atoms with E-state index in [-0.39, 0.29) is 18.0 Å². The van der Waals surface area contributed by atoms with E-state index in [1.807, 2.05) is 31.2 Å². The van der Waals surface area contributed by atoms with E-state index in [0.717, 1.165) is 22.6 Å². The van der Waals surface area contributed by atoms with Crippen molar-refractivity contribution >= 4 is 23.3 Å². The predicted molar refractivity (Wildman–Crippen MR) is 101 cm³/mol. The van der Waals surface area contributed by atoms with Gasteiger partial charge in [0.25, 0.3) is 0 Å². The smallest absolute Gasteiger partial charge is 0.322 e. The molecule has 140 valence electrons. The van der Waals surface area contributed by atoms with Crippen LogP contribution in [0.25, 0.3) is 0 Å². The molecule has 0 bridgehead atoms. The number of nitrogens with one attached hydrogen (secondary N) is 2. The van der Waals surface area contributed by atoms with Gasteiger partial charge in [-0.1, -0.05) is 6.07 Å². The monoisotopic (exact) mass is 367 g/mol. The van der Waals surface area contributed by atoms with Gasteiger partial charge in [0.1, 0.15) is 13.2 Å². The van der Waals surface area contributed by atoms with Gasteiger partial charge in [-0.05, 0) is 48.4 Å². The van der Waals surface area contributed by atoms with E-state index < -0.39 is 0 Å². The van der Waals surface area contributed by atoms with Crippen molar-refractivity contribution in [3.8, 4) is 11.5 Å². The third-order valence-electron chi connectivity index (χ3n) is 4.93. The van der Waals surface area contributed by atoms with Crippen LogP contribution in [0.2, 0.25) is 0 Å². The van der Waals surface area contributed by atoms with Crippen LogP contribution in [0.5, 0.6) is 11.5 Å². The van der Waals surface area contributed by atoms with Crippen molar-refractivity contribution in [1.29, 1.82) is 0 Å². The van der Waals surface area contributed by atoms with E-state index in [1.165, 1.54) is 0 Å². The number of anilines is 2. The first kappa shape index (κ1) is 17.2. The van der Waals surface area contributed by atoms with Crippen molar-refractivity contribution in [3.63, 3.8) is 0 Å². The lowest BCUT2D eigenvalue weighted by Crippen LogP contribution is -2.33. The number of amides is 3. The molecule has 0 saturated heterocycles. The van der Waals surface area contributed by atoms with Gasteiger partial charge in [0.05, 0.1) is 12.5 Å². The minimum Gasteiger partial charge on any atom is -0.486 e. The van der Waals surface area contributed by atoms with E-state index in [9.17, 15) is 9.59 Å². The van der Waals surface area contributed by atoms with Gasteiger partial charge in [0.15, 0.2) is 11.5 Å². The van der Waals surface area contributed by atoms with Crippen molar-refractivity contribution in [3.05, 3.63) is 47.5 Å². The number of hydrogen-bond acceptors (Lipinski definition) is 4. The topological polar surface area (TPSA) is 79.9 Å². The van der Waals surface area contributed by atoms with E-state index in [1.54, 1.807) is 24.1 Å². The van der Waals surface area contributed by atoms with Crippen molar-refractivity contribution < 1.29 is 19.1 Å². The van der Waals surface area contributed by atoms with Crippen molar-refractivity contribution in [1.82, 2.24) is 4.90 Å². The second kappa shape index (κ2) is 6.83. The Bertz CT molecular complexity index is 912. The van der Waals surface area contributed by atoms with Crippen LogP contribution in [0, 0.1) is 0 Å². The molecule has 2 N–H and O–H groups in total. The van der Waals surface area contributed by atoms with Crippen LogP contribution in [0.3, 0.4) is 0 Å². The molecule has 2 aliphatic heterocycles. The van der Waals surface area contributed by atoms with Crippen molar-refractivity contribution in [2.75, 3.05) is 30.9 Å². The normalized spacial score (nSPS) is 15.6. The quantitative estimate of drug-likeness (QED) is 0.873. The molecule has 7 nitrogen and oxygen atoms in total. The number of hydrogen-bond donors (Lipinski definition) is 2. The van der Waals surface area contributed by atoms with Gasteiger partial charge in [-0.25, -0.2) is 4.79 Å². The summed E-state index contributed by atoms with van der Waals surface area (Å²) in [5, 5.41) is 5.67. The lowest BCUT2D eigenvalue weighted by molar-refractivity contribution is -0.115. The third-order valence-corrected chi connectivity index (χ3v) is 4.93. The van der Waals surface area contributed by atoms with Crippen LogP contribution in [-0.2, 0) is 11.2 Å². The molecule has 27 heavy (non-hydrogen) atoms. The molecular formula is C20H21N3O4. The minimum atomic E-state index is -0.227. The maximum atomic E-state index is 12.7. The zero-order valence-corrected chi connectivity index (χ0v) is 15.2. The molecule has 0 aromatic heterocycles. The maximum absolute atomic E-state index is 12.7. The molecule has 2 heterocycles. The molecule has 0 saturated carbocycles. The Labute approximate surface area is 157 Å². The fourth-order valence-corrected chi connectivity index (χ4v) is 3.24. The highest BCUT2D eigenvalue weighted by Crippen LogP contribution is 2.34. The average molecular weight is 367 g/mol. The minimum absolute atomic E-state index is 0.0298. The molecule has 2 aliphatic rings. The lowest BCUT2D eigenvalue weighted by atomic mass is 10.1. The molecule has 2 aromatic carbocycles. The number of fused-ring (bicyclic) bond motifs is 2. The van der Waals surface area contributed by atoms with Gasteiger partial charge in [-0.2, -0.15) is 0 Å². The summed E-state index contributed by atoms with van der Waals surface area (Å²) >= 11 is 0. The summed E-state index contributed by atoms with van der Waals surface area (Å²) in [5.41, 5.74) is 3.31. The Morgan fingerprint density at radius 1 is 1.15 bits per heavy atom. The Balaban J connectivity index is 1.46. The van der Waals surface area contributed by atoms with Gasteiger partial charge in [0.2, 0.25) is 5.91 Å². The lowest BCUT2D eigenvalue weighted by Gasteiger charge is -2.27. The van der Waals surface area contributed by atoms with E-state index >= 15 is 0 Å². The molecule has 1 atom stereocenters. The second-order valence-corrected chi connectivity index (χ2v) is 6.72. The zero-order chi connectivity index (χ0) is 19.0. The molecule has 0 unspecified atom stereocenters. The van der Waals surface area contributed by atoms with Gasteiger partial charge < -0.3 is 25.0 Å². The number of nitrogens with zero attached hydrogens (tertiary/aromatic N) is 1. The first-order chi connectivity index (χ1) is 13.0. The summed E-state index contributed by atoms with van der Waals surface area (Å²) in [6, 6.07) is 10.8. The Hall–Kier alpha value is -3.22. The van der Waals surface area contributed by atoms with Crippen LogP contribution in [0.4, 0.5) is 16.2 Å². The van der Waals surface area contributed by atoms with Crippen molar-refractivity contribution in [2.45, 2.75) is 19.4 Å². The van der Waals surface area contributed by atoms with Gasteiger partial charge in [-0.3, -0.25) is 4.79 Å². The molecule has 7 heteroatoms. The summed E-state index contributed by atoms with van der Waals surface area (Å²) in [5.74, 6) is 1.40. The largest absolute Gasteiger partial charge is 0.486 e. The summed E-state index contributed by atoms with van der Waals surface area (Å²) < 4.78 is 11.2. The first-order valence-electron chi connectivity index (χ1n) is 8.87. The van der Waals surface area contributed by atoms with Crippen LogP contribution >= 0.6 is 0 Å². The number of urea groups is 1. The van der Waals surface area contributed by atoms with Crippen LogP contribution in [0.1, 0.15) is 24.1 Å². The molecule has 0 radical (unpaired) electrons. The van der Waals surface area contributed by atoms with Crippen molar-refractivity contribution in [2.24, 2.45) is 0 Å². The molecule has 2 aromatic rings. The summed E-state index contributed by atoms with van der Waals surface area (Å²) in [7, 11) is 1.75. The van der Waals surface area contributed by atoms with Gasteiger partial charge in [0, 0.05) is 18.4 Å². The maximum Gasteiger partial charge on any atom is 0.322 e. The average Bonchev–Trinajstić information content (AvgIpc) is 3.05. The molecule has 0 aliphatic carbocycles. The van der Waals surface area contributed by atoms with Gasteiger partial charge >= 0.3 is 6.03 Å². The van der Waals surface area contributed by atoms with Crippen LogP contribution in [0.15, 0.2) is 36.4 Å². The molecule has 4 rings (SSSR count). The Kier molecular flexibility index (Phi) is 4.35. The number of rotatable bonds is 3. The Morgan fingerprint density at radius 2 is 1.93 bits per heavy atom. The van der Waals surface area contributed by atoms with E-state index in [0.29, 0.717) is 31.1 Å². The zero-order valence-electron chi connectivity index (χ0n) is 15.2. The third kappa shape index (κ3) is 3.40. The molecular weight excluding hydrogens is 346 g/mol. The highest BCUT2D eigenvalue weighted by molar-refractivity contribution is 6.00. The number of benzene rings is 2. The highest BCUT2D eigenvalue weighted by Gasteiger charge is 2.22. The number of carbonyl (C=O) groups excluding carboxylic acids is 2. The molecule has 0 fully saturated rings. The fourth-order valence-electron chi connectivity index (χ4n) is 3.24. The van der Waals surface area contributed by atoms with E-state index in [4.69, 9.17) is 9.47 Å². The molecule has 3 amide bonds. The van der Waals surface area contributed by atoms with E-state index in [2.05, 4.69) is 10.6 Å². The first-order valence-corrected chi connectivity index (χ1v) is 8.87. The SMILES string of the molecule is C[C@@H](c1ccc2c(c1)OCCO2)N(C)C(=O)Nc1ccc2c(c1)CC(=O)N2. The Morgan fingerprint density at radius 3 is 2.74 bits per heavy atom. The fraction of sp³-hybridized carbons (Fsp3) is 0.300. The van der Waals surface area contributed by atoms with Gasteiger partial charge in [-0.15, -0.1) is 0 Å².